The van der Waals surface area contributed by atoms with Gasteiger partial charge in [0.1, 0.15) is 24.9 Å². The molecule has 3 heteroatoms. The highest BCUT2D eigenvalue weighted by Gasteiger charge is 1.93. The van der Waals surface area contributed by atoms with Gasteiger partial charge in [-0.1, -0.05) is 24.0 Å². The van der Waals surface area contributed by atoms with Gasteiger partial charge in [-0.15, -0.1) is 0 Å². The lowest BCUT2D eigenvalue weighted by molar-refractivity contribution is 0.111. The summed E-state index contributed by atoms with van der Waals surface area (Å²) in [6.07, 6.45) is 1.58. The Morgan fingerprint density at radius 1 is 0.850 bits per heavy atom. The third-order valence-electron chi connectivity index (χ3n) is 2.61. The van der Waals surface area contributed by atoms with Gasteiger partial charge in [0, 0.05) is 16.7 Å². The predicted octanol–water partition coefficient (Wildman–Crippen LogP) is 2.74. The standard InChI is InChI=1S/C17H12O3/c18-12-15-5-3-14(4-6-15)2-1-11-20-17-9-7-16(13-19)8-10-17/h3-10,12-13H,11H2. The lowest BCUT2D eigenvalue weighted by Crippen LogP contribution is -1.94. The highest BCUT2D eigenvalue weighted by Crippen LogP contribution is 2.10. The Kier molecular flexibility index (Phi) is 4.69. The van der Waals surface area contributed by atoms with Crippen LogP contribution in [-0.4, -0.2) is 19.2 Å². The molecule has 0 saturated heterocycles. The second-order valence-electron chi connectivity index (χ2n) is 4.02. The van der Waals surface area contributed by atoms with Gasteiger partial charge in [-0.05, 0) is 36.4 Å². The highest BCUT2D eigenvalue weighted by atomic mass is 16.5. The van der Waals surface area contributed by atoms with E-state index in [-0.39, 0.29) is 6.61 Å². The zero-order valence-electron chi connectivity index (χ0n) is 10.7. The number of aldehydes is 2. The van der Waals surface area contributed by atoms with E-state index in [1.807, 2.05) is 0 Å². The highest BCUT2D eigenvalue weighted by molar-refractivity contribution is 5.75. The molecule has 0 heterocycles. The summed E-state index contributed by atoms with van der Waals surface area (Å²) < 4.78 is 5.43. The number of ether oxygens (including phenoxy) is 1. The van der Waals surface area contributed by atoms with Gasteiger partial charge >= 0.3 is 0 Å². The fourth-order valence-corrected chi connectivity index (χ4v) is 1.55. The van der Waals surface area contributed by atoms with E-state index in [0.29, 0.717) is 16.9 Å². The van der Waals surface area contributed by atoms with Crippen LogP contribution in [0.5, 0.6) is 5.75 Å². The summed E-state index contributed by atoms with van der Waals surface area (Å²) in [5.41, 5.74) is 2.07. The molecule has 0 aliphatic carbocycles. The van der Waals surface area contributed by atoms with Crippen molar-refractivity contribution in [3.8, 4) is 17.6 Å². The normalized spacial score (nSPS) is 9.20. The first-order chi connectivity index (χ1) is 9.81. The zero-order valence-corrected chi connectivity index (χ0v) is 10.7. The Hall–Kier alpha value is -2.86. The maximum Gasteiger partial charge on any atom is 0.150 e. The van der Waals surface area contributed by atoms with Crippen molar-refractivity contribution in [2.75, 3.05) is 6.61 Å². The molecule has 0 saturated carbocycles. The van der Waals surface area contributed by atoms with Crippen molar-refractivity contribution < 1.29 is 14.3 Å². The van der Waals surface area contributed by atoms with Crippen LogP contribution in [0.15, 0.2) is 48.5 Å². The fourth-order valence-electron chi connectivity index (χ4n) is 1.55. The summed E-state index contributed by atoms with van der Waals surface area (Å²) in [6, 6.07) is 13.8. The maximum absolute atomic E-state index is 10.5. The molecular weight excluding hydrogens is 252 g/mol. The first-order valence-electron chi connectivity index (χ1n) is 6.04. The molecule has 0 N–H and O–H groups in total. The minimum absolute atomic E-state index is 0.260. The average Bonchev–Trinajstić information content (AvgIpc) is 2.53. The molecule has 0 spiro atoms. The molecule has 0 radical (unpaired) electrons. The molecule has 2 aromatic rings. The maximum atomic E-state index is 10.5. The van der Waals surface area contributed by atoms with Gasteiger partial charge in [-0.2, -0.15) is 0 Å². The minimum Gasteiger partial charge on any atom is -0.481 e. The summed E-state index contributed by atoms with van der Waals surface area (Å²) in [5, 5.41) is 0. The topological polar surface area (TPSA) is 43.4 Å². The van der Waals surface area contributed by atoms with Crippen molar-refractivity contribution in [1.29, 1.82) is 0 Å². The second kappa shape index (κ2) is 6.91. The molecular formula is C17H12O3. The summed E-state index contributed by atoms with van der Waals surface area (Å²) in [6.45, 7) is 0.260. The van der Waals surface area contributed by atoms with Crippen molar-refractivity contribution in [2.24, 2.45) is 0 Å². The van der Waals surface area contributed by atoms with E-state index < -0.39 is 0 Å². The van der Waals surface area contributed by atoms with E-state index >= 15 is 0 Å². The predicted molar refractivity (Wildman–Crippen MR) is 76.0 cm³/mol. The molecule has 20 heavy (non-hydrogen) atoms. The van der Waals surface area contributed by atoms with Crippen LogP contribution >= 0.6 is 0 Å². The smallest absolute Gasteiger partial charge is 0.150 e. The quantitative estimate of drug-likeness (QED) is 0.630. The number of hydrogen-bond donors (Lipinski definition) is 0. The molecule has 0 atom stereocenters. The Morgan fingerprint density at radius 2 is 1.40 bits per heavy atom. The van der Waals surface area contributed by atoms with Crippen LogP contribution in [0.4, 0.5) is 0 Å². The van der Waals surface area contributed by atoms with Crippen LogP contribution in [0.1, 0.15) is 26.3 Å². The van der Waals surface area contributed by atoms with Gasteiger partial charge in [0.05, 0.1) is 0 Å². The molecule has 0 amide bonds. The molecule has 0 bridgehead atoms. The Bertz CT molecular complexity index is 643. The van der Waals surface area contributed by atoms with E-state index in [9.17, 15) is 9.59 Å². The Labute approximate surface area is 117 Å². The Morgan fingerprint density at radius 3 is 1.95 bits per heavy atom. The van der Waals surface area contributed by atoms with Crippen LogP contribution in [0.3, 0.4) is 0 Å². The van der Waals surface area contributed by atoms with Gasteiger partial charge in [0.15, 0.2) is 0 Å². The molecule has 0 unspecified atom stereocenters. The zero-order chi connectivity index (χ0) is 14.2. The van der Waals surface area contributed by atoms with Crippen LogP contribution in [0.2, 0.25) is 0 Å². The molecule has 0 fully saturated rings. The molecule has 3 nitrogen and oxygen atoms in total. The minimum atomic E-state index is 0.260. The fraction of sp³-hybridized carbons (Fsp3) is 0.0588. The molecule has 0 aliphatic rings. The van der Waals surface area contributed by atoms with Crippen LogP contribution in [0, 0.1) is 11.8 Å². The van der Waals surface area contributed by atoms with Gasteiger partial charge in [0.25, 0.3) is 0 Å². The third-order valence-corrected chi connectivity index (χ3v) is 2.61. The van der Waals surface area contributed by atoms with Crippen LogP contribution in [-0.2, 0) is 0 Å². The summed E-state index contributed by atoms with van der Waals surface area (Å²) in [4.78, 5) is 21.0. The van der Waals surface area contributed by atoms with Crippen molar-refractivity contribution in [3.05, 3.63) is 65.2 Å². The van der Waals surface area contributed by atoms with E-state index in [1.54, 1.807) is 48.5 Å². The van der Waals surface area contributed by atoms with Crippen molar-refractivity contribution >= 4 is 12.6 Å². The second-order valence-corrected chi connectivity index (χ2v) is 4.02. The SMILES string of the molecule is O=Cc1ccc(C#CCOc2ccc(C=O)cc2)cc1. The van der Waals surface area contributed by atoms with Crippen molar-refractivity contribution in [3.63, 3.8) is 0 Å². The lowest BCUT2D eigenvalue weighted by Gasteiger charge is -2.01. The monoisotopic (exact) mass is 264 g/mol. The molecule has 2 aromatic carbocycles. The summed E-state index contributed by atoms with van der Waals surface area (Å²) in [5.74, 6) is 6.50. The van der Waals surface area contributed by atoms with Crippen LogP contribution < -0.4 is 4.74 Å². The lowest BCUT2D eigenvalue weighted by atomic mass is 10.1. The number of hydrogen-bond acceptors (Lipinski definition) is 3. The number of rotatable bonds is 4. The first-order valence-corrected chi connectivity index (χ1v) is 6.04. The molecule has 98 valence electrons. The third kappa shape index (κ3) is 3.82. The van der Waals surface area contributed by atoms with Gasteiger partial charge in [-0.3, -0.25) is 9.59 Å². The molecule has 0 aliphatic heterocycles. The molecule has 2 rings (SSSR count). The van der Waals surface area contributed by atoms with Crippen LogP contribution in [0.25, 0.3) is 0 Å². The number of benzene rings is 2. The molecule has 0 aromatic heterocycles. The first kappa shape index (κ1) is 13.6. The average molecular weight is 264 g/mol. The van der Waals surface area contributed by atoms with E-state index in [0.717, 1.165) is 18.1 Å². The van der Waals surface area contributed by atoms with E-state index in [4.69, 9.17) is 4.74 Å². The Balaban J connectivity index is 1.90. The number of carbonyl (C=O) groups excluding carboxylic acids is 2. The summed E-state index contributed by atoms with van der Waals surface area (Å²) in [7, 11) is 0. The van der Waals surface area contributed by atoms with Gasteiger partial charge < -0.3 is 4.74 Å². The number of carbonyl (C=O) groups is 2. The summed E-state index contributed by atoms with van der Waals surface area (Å²) >= 11 is 0. The van der Waals surface area contributed by atoms with Gasteiger partial charge in [0.2, 0.25) is 0 Å². The van der Waals surface area contributed by atoms with E-state index in [2.05, 4.69) is 11.8 Å². The van der Waals surface area contributed by atoms with Crippen molar-refractivity contribution in [2.45, 2.75) is 0 Å². The van der Waals surface area contributed by atoms with E-state index in [1.165, 1.54) is 0 Å². The van der Waals surface area contributed by atoms with Crippen molar-refractivity contribution in [1.82, 2.24) is 0 Å². The largest absolute Gasteiger partial charge is 0.481 e. The van der Waals surface area contributed by atoms with Gasteiger partial charge in [-0.25, -0.2) is 0 Å².